The normalized spacial score (nSPS) is 10.7. The summed E-state index contributed by atoms with van der Waals surface area (Å²) in [5, 5.41) is 2.42. The lowest BCUT2D eigenvalue weighted by molar-refractivity contribution is 1.16. The van der Waals surface area contributed by atoms with E-state index in [0.29, 0.717) is 23.7 Å². The fourth-order valence-electron chi connectivity index (χ4n) is 2.45. The zero-order chi connectivity index (χ0) is 14.8. The second-order valence-electron chi connectivity index (χ2n) is 4.97. The van der Waals surface area contributed by atoms with Crippen LogP contribution in [0.4, 0.5) is 17.3 Å². The second kappa shape index (κ2) is 5.30. The summed E-state index contributed by atoms with van der Waals surface area (Å²) >= 11 is 0. The number of pyridine rings is 1. The first kappa shape index (κ1) is 13.2. The molecule has 3 rings (SSSR count). The van der Waals surface area contributed by atoms with E-state index in [4.69, 9.17) is 17.3 Å². The predicted octanol–water partition coefficient (Wildman–Crippen LogP) is 2.28. The van der Waals surface area contributed by atoms with Gasteiger partial charge in [-0.1, -0.05) is 42.5 Å². The highest BCUT2D eigenvalue weighted by atomic mass is 15.3. The third-order valence-corrected chi connectivity index (χ3v) is 3.51. The van der Waals surface area contributed by atoms with Crippen LogP contribution >= 0.6 is 0 Å². The van der Waals surface area contributed by atoms with Crippen LogP contribution in [0.3, 0.4) is 0 Å². The van der Waals surface area contributed by atoms with Gasteiger partial charge in [-0.05, 0) is 34.4 Å². The standard InChI is InChI=1S/C16H17N5/c17-14-9-13(15(18)16(20-14)21-19)8-10-5-6-11-3-1-2-4-12(11)7-10/h1-7,9H,8,18-19H2,(H3,17,20,21). The smallest absolute Gasteiger partial charge is 0.165 e. The molecule has 0 saturated heterocycles. The Morgan fingerprint density at radius 2 is 1.71 bits per heavy atom. The zero-order valence-electron chi connectivity index (χ0n) is 11.5. The molecule has 21 heavy (non-hydrogen) atoms. The molecule has 1 heterocycles. The van der Waals surface area contributed by atoms with Crippen LogP contribution in [0.1, 0.15) is 11.1 Å². The molecule has 0 unspecified atom stereocenters. The van der Waals surface area contributed by atoms with E-state index in [9.17, 15) is 0 Å². The molecule has 0 fully saturated rings. The van der Waals surface area contributed by atoms with Crippen molar-refractivity contribution in [3.05, 3.63) is 59.7 Å². The minimum Gasteiger partial charge on any atom is -0.395 e. The van der Waals surface area contributed by atoms with E-state index in [-0.39, 0.29) is 0 Å². The Bertz CT molecular complexity index is 798. The minimum absolute atomic E-state index is 0.396. The number of hydrogen-bond donors (Lipinski definition) is 4. The summed E-state index contributed by atoms with van der Waals surface area (Å²) in [4.78, 5) is 4.06. The first-order chi connectivity index (χ1) is 10.2. The number of anilines is 3. The third-order valence-electron chi connectivity index (χ3n) is 3.51. The van der Waals surface area contributed by atoms with Crippen LogP contribution in [-0.2, 0) is 6.42 Å². The molecule has 0 saturated carbocycles. The predicted molar refractivity (Wildman–Crippen MR) is 87.6 cm³/mol. The second-order valence-corrected chi connectivity index (χ2v) is 4.97. The number of nitrogens with two attached hydrogens (primary N) is 3. The molecule has 2 aromatic carbocycles. The summed E-state index contributed by atoms with van der Waals surface area (Å²) in [6, 6.07) is 16.4. The average Bonchev–Trinajstić information content (AvgIpc) is 2.50. The third kappa shape index (κ3) is 2.59. The summed E-state index contributed by atoms with van der Waals surface area (Å²) in [6.45, 7) is 0. The van der Waals surface area contributed by atoms with Gasteiger partial charge < -0.3 is 16.9 Å². The zero-order valence-corrected chi connectivity index (χ0v) is 11.5. The molecule has 0 bridgehead atoms. The number of nitrogens with zero attached hydrogens (tertiary/aromatic N) is 1. The lowest BCUT2D eigenvalue weighted by Crippen LogP contribution is -2.13. The molecule has 3 aromatic rings. The van der Waals surface area contributed by atoms with E-state index in [2.05, 4.69) is 40.7 Å². The van der Waals surface area contributed by atoms with Gasteiger partial charge >= 0.3 is 0 Å². The number of nitrogens with one attached hydrogen (secondary N) is 1. The van der Waals surface area contributed by atoms with Gasteiger partial charge in [0.2, 0.25) is 0 Å². The van der Waals surface area contributed by atoms with Crippen LogP contribution in [-0.4, -0.2) is 4.98 Å². The Labute approximate surface area is 122 Å². The van der Waals surface area contributed by atoms with Gasteiger partial charge in [0, 0.05) is 0 Å². The number of benzene rings is 2. The molecular formula is C16H17N5. The van der Waals surface area contributed by atoms with Crippen molar-refractivity contribution in [2.45, 2.75) is 6.42 Å². The number of hydrazine groups is 1. The fourth-order valence-corrected chi connectivity index (χ4v) is 2.45. The van der Waals surface area contributed by atoms with Crippen molar-refractivity contribution in [2.24, 2.45) is 5.84 Å². The van der Waals surface area contributed by atoms with Crippen molar-refractivity contribution >= 4 is 28.1 Å². The van der Waals surface area contributed by atoms with Crippen LogP contribution in [0.2, 0.25) is 0 Å². The first-order valence-corrected chi connectivity index (χ1v) is 6.66. The van der Waals surface area contributed by atoms with Crippen LogP contribution in [0.15, 0.2) is 48.5 Å². The van der Waals surface area contributed by atoms with E-state index in [0.717, 1.165) is 11.1 Å². The highest BCUT2D eigenvalue weighted by Crippen LogP contribution is 2.26. The quantitative estimate of drug-likeness (QED) is 0.435. The molecule has 1 aromatic heterocycles. The Hall–Kier alpha value is -2.79. The molecular weight excluding hydrogens is 262 g/mol. The molecule has 0 aliphatic rings. The number of hydrogen-bond acceptors (Lipinski definition) is 5. The Kier molecular flexibility index (Phi) is 3.33. The van der Waals surface area contributed by atoms with E-state index < -0.39 is 0 Å². The summed E-state index contributed by atoms with van der Waals surface area (Å²) in [5.74, 6) is 6.21. The van der Waals surface area contributed by atoms with Crippen LogP contribution in [0.5, 0.6) is 0 Å². The van der Waals surface area contributed by atoms with Gasteiger partial charge in [0.05, 0.1) is 5.69 Å². The molecule has 0 atom stereocenters. The highest BCUT2D eigenvalue weighted by molar-refractivity contribution is 5.83. The Morgan fingerprint density at radius 3 is 2.48 bits per heavy atom. The number of fused-ring (bicyclic) bond motifs is 1. The van der Waals surface area contributed by atoms with E-state index >= 15 is 0 Å². The maximum Gasteiger partial charge on any atom is 0.165 e. The topological polar surface area (TPSA) is 103 Å². The Morgan fingerprint density at radius 1 is 0.952 bits per heavy atom. The first-order valence-electron chi connectivity index (χ1n) is 6.66. The lowest BCUT2D eigenvalue weighted by Gasteiger charge is -2.11. The Balaban J connectivity index is 2.00. The largest absolute Gasteiger partial charge is 0.395 e. The molecule has 5 nitrogen and oxygen atoms in total. The molecule has 7 N–H and O–H groups in total. The van der Waals surface area contributed by atoms with E-state index in [1.54, 1.807) is 6.07 Å². The summed E-state index contributed by atoms with van der Waals surface area (Å²) in [7, 11) is 0. The molecule has 0 radical (unpaired) electrons. The highest BCUT2D eigenvalue weighted by Gasteiger charge is 2.09. The van der Waals surface area contributed by atoms with Crippen LogP contribution in [0.25, 0.3) is 10.8 Å². The van der Waals surface area contributed by atoms with Crippen LogP contribution < -0.4 is 22.7 Å². The molecule has 0 amide bonds. The monoisotopic (exact) mass is 279 g/mol. The number of nitrogen functional groups attached to an aromatic ring is 3. The summed E-state index contributed by atoms with van der Waals surface area (Å²) in [5.41, 5.74) is 16.9. The van der Waals surface area contributed by atoms with Gasteiger partial charge in [0.15, 0.2) is 5.82 Å². The van der Waals surface area contributed by atoms with Gasteiger partial charge in [-0.25, -0.2) is 10.8 Å². The van der Waals surface area contributed by atoms with Gasteiger partial charge in [-0.15, -0.1) is 0 Å². The molecule has 0 aliphatic carbocycles. The van der Waals surface area contributed by atoms with Crippen molar-refractivity contribution in [2.75, 3.05) is 16.9 Å². The number of aromatic nitrogens is 1. The molecule has 5 heteroatoms. The maximum absolute atomic E-state index is 6.06. The van der Waals surface area contributed by atoms with Crippen molar-refractivity contribution in [3.8, 4) is 0 Å². The molecule has 106 valence electrons. The van der Waals surface area contributed by atoms with Gasteiger partial charge in [0.1, 0.15) is 5.82 Å². The maximum atomic E-state index is 6.06. The molecule has 0 aliphatic heterocycles. The van der Waals surface area contributed by atoms with E-state index in [1.165, 1.54) is 10.8 Å². The van der Waals surface area contributed by atoms with Crippen LogP contribution in [0, 0.1) is 0 Å². The van der Waals surface area contributed by atoms with Gasteiger partial charge in [-0.3, -0.25) is 0 Å². The summed E-state index contributed by atoms with van der Waals surface area (Å²) < 4.78 is 0. The fraction of sp³-hybridized carbons (Fsp3) is 0.0625. The average molecular weight is 279 g/mol. The lowest BCUT2D eigenvalue weighted by atomic mass is 10.0. The van der Waals surface area contributed by atoms with Crippen molar-refractivity contribution in [3.63, 3.8) is 0 Å². The molecule has 0 spiro atoms. The van der Waals surface area contributed by atoms with Crippen molar-refractivity contribution < 1.29 is 0 Å². The van der Waals surface area contributed by atoms with Gasteiger partial charge in [-0.2, -0.15) is 0 Å². The minimum atomic E-state index is 0.396. The van der Waals surface area contributed by atoms with Gasteiger partial charge in [0.25, 0.3) is 0 Å². The summed E-state index contributed by atoms with van der Waals surface area (Å²) in [6.07, 6.45) is 0.679. The number of rotatable bonds is 3. The SMILES string of the molecule is NNc1nc(N)cc(Cc2ccc3ccccc3c2)c1N. The van der Waals surface area contributed by atoms with Crippen molar-refractivity contribution in [1.82, 2.24) is 4.98 Å². The van der Waals surface area contributed by atoms with Crippen molar-refractivity contribution in [1.29, 1.82) is 0 Å². The van der Waals surface area contributed by atoms with E-state index in [1.807, 2.05) is 12.1 Å².